The summed E-state index contributed by atoms with van der Waals surface area (Å²) in [6.07, 6.45) is -3.66. The van der Waals surface area contributed by atoms with Crippen LogP contribution in [0.25, 0.3) is 0 Å². The van der Waals surface area contributed by atoms with Gasteiger partial charge in [0, 0.05) is 3.57 Å². The van der Waals surface area contributed by atoms with Crippen molar-refractivity contribution in [1.29, 1.82) is 0 Å². The molecule has 2 aromatic rings. The molecule has 1 N–H and O–H groups in total. The van der Waals surface area contributed by atoms with Gasteiger partial charge in [-0.15, -0.1) is 0 Å². The van der Waals surface area contributed by atoms with Gasteiger partial charge in [-0.2, -0.15) is 21.6 Å². The van der Waals surface area contributed by atoms with E-state index in [1.807, 2.05) is 0 Å². The molecule has 0 bridgehead atoms. The van der Waals surface area contributed by atoms with Crippen LogP contribution in [0.1, 0.15) is 18.1 Å². The lowest BCUT2D eigenvalue weighted by Crippen LogP contribution is -2.12. The normalized spacial score (nSPS) is 11.6. The lowest BCUT2D eigenvalue weighted by atomic mass is 10.2. The summed E-state index contributed by atoms with van der Waals surface area (Å²) >= 11 is 2.31. The SMILES string of the molecule is CCc1ccc(I)cc1.O=S(=O)(O)c1ccccc1C(F)(F)F. The van der Waals surface area contributed by atoms with Crippen molar-refractivity contribution < 1.29 is 26.1 Å². The highest BCUT2D eigenvalue weighted by Crippen LogP contribution is 2.33. The van der Waals surface area contributed by atoms with Gasteiger partial charge in [-0.1, -0.05) is 31.2 Å². The third-order valence-electron chi connectivity index (χ3n) is 2.79. The van der Waals surface area contributed by atoms with E-state index in [9.17, 15) is 21.6 Å². The van der Waals surface area contributed by atoms with Crippen molar-refractivity contribution in [2.45, 2.75) is 24.4 Å². The second-order valence-electron chi connectivity index (χ2n) is 4.45. The van der Waals surface area contributed by atoms with Crippen LogP contribution in [-0.2, 0) is 22.7 Å². The first-order valence-corrected chi connectivity index (χ1v) is 8.95. The lowest BCUT2D eigenvalue weighted by molar-refractivity contribution is -0.140. The van der Waals surface area contributed by atoms with Gasteiger partial charge in [0.15, 0.2) is 0 Å². The van der Waals surface area contributed by atoms with Crippen molar-refractivity contribution in [1.82, 2.24) is 0 Å². The van der Waals surface area contributed by atoms with Crippen LogP contribution >= 0.6 is 22.6 Å². The lowest BCUT2D eigenvalue weighted by Gasteiger charge is -2.09. The Morgan fingerprint density at radius 3 is 1.96 bits per heavy atom. The zero-order valence-electron chi connectivity index (χ0n) is 12.0. The molecule has 2 aromatic carbocycles. The van der Waals surface area contributed by atoms with Crippen LogP contribution in [0, 0.1) is 3.57 Å². The summed E-state index contributed by atoms with van der Waals surface area (Å²) in [5.41, 5.74) is 0.0397. The molecule has 0 aliphatic rings. The molecule has 0 aromatic heterocycles. The van der Waals surface area contributed by atoms with Gasteiger partial charge in [-0.05, 0) is 58.8 Å². The fourth-order valence-electron chi connectivity index (χ4n) is 1.65. The van der Waals surface area contributed by atoms with E-state index in [1.54, 1.807) is 0 Å². The smallest absolute Gasteiger partial charge is 0.282 e. The number of hydrogen-bond acceptors (Lipinski definition) is 2. The molecule has 2 rings (SSSR count). The molecule has 0 unspecified atom stereocenters. The number of rotatable bonds is 2. The highest BCUT2D eigenvalue weighted by molar-refractivity contribution is 14.1. The first-order chi connectivity index (χ1) is 10.6. The molecule has 23 heavy (non-hydrogen) atoms. The van der Waals surface area contributed by atoms with Crippen molar-refractivity contribution in [3.8, 4) is 0 Å². The maximum atomic E-state index is 12.2. The van der Waals surface area contributed by atoms with Crippen LogP contribution < -0.4 is 0 Å². The fourth-order valence-corrected chi connectivity index (χ4v) is 2.72. The van der Waals surface area contributed by atoms with Crippen molar-refractivity contribution in [2.24, 2.45) is 0 Å². The minimum Gasteiger partial charge on any atom is -0.282 e. The molecule has 0 radical (unpaired) electrons. The largest absolute Gasteiger partial charge is 0.417 e. The summed E-state index contributed by atoms with van der Waals surface area (Å²) in [6, 6.07) is 12.0. The van der Waals surface area contributed by atoms with Gasteiger partial charge < -0.3 is 0 Å². The molecule has 0 fully saturated rings. The first-order valence-electron chi connectivity index (χ1n) is 6.44. The average molecular weight is 458 g/mol. The molecular weight excluding hydrogens is 444 g/mol. The fraction of sp³-hybridized carbons (Fsp3) is 0.200. The summed E-state index contributed by atoms with van der Waals surface area (Å²) in [5.74, 6) is 0. The van der Waals surface area contributed by atoms with E-state index in [1.165, 1.54) is 9.13 Å². The summed E-state index contributed by atoms with van der Waals surface area (Å²) in [7, 11) is -4.84. The highest BCUT2D eigenvalue weighted by atomic mass is 127. The van der Waals surface area contributed by atoms with E-state index in [0.29, 0.717) is 12.1 Å². The van der Waals surface area contributed by atoms with Gasteiger partial charge >= 0.3 is 6.18 Å². The van der Waals surface area contributed by atoms with E-state index in [0.717, 1.165) is 18.6 Å². The Bertz CT molecular complexity index is 741. The zero-order valence-corrected chi connectivity index (χ0v) is 15.0. The van der Waals surface area contributed by atoms with Crippen LogP contribution in [0.5, 0.6) is 0 Å². The molecule has 0 aliphatic heterocycles. The summed E-state index contributed by atoms with van der Waals surface area (Å²) < 4.78 is 67.5. The molecule has 0 atom stereocenters. The minimum atomic E-state index is -4.84. The Kier molecular flexibility index (Phi) is 7.02. The molecule has 8 heteroatoms. The van der Waals surface area contributed by atoms with E-state index in [4.69, 9.17) is 4.55 Å². The molecule has 0 spiro atoms. The molecule has 0 saturated carbocycles. The monoisotopic (exact) mass is 458 g/mol. The number of halogens is 4. The van der Waals surface area contributed by atoms with Crippen LogP contribution in [0.3, 0.4) is 0 Å². The van der Waals surface area contributed by atoms with Crippen molar-refractivity contribution in [3.63, 3.8) is 0 Å². The molecular formula is C15H14F3IO3S. The Morgan fingerprint density at radius 1 is 1.04 bits per heavy atom. The van der Waals surface area contributed by atoms with E-state index in [2.05, 4.69) is 53.8 Å². The van der Waals surface area contributed by atoms with E-state index >= 15 is 0 Å². The third kappa shape index (κ3) is 6.48. The maximum Gasteiger partial charge on any atom is 0.417 e. The second kappa shape index (κ2) is 8.11. The highest BCUT2D eigenvalue weighted by Gasteiger charge is 2.36. The number of benzene rings is 2. The molecule has 126 valence electrons. The van der Waals surface area contributed by atoms with Crippen LogP contribution in [0.2, 0.25) is 0 Å². The predicted octanol–water partition coefficient (Wildman–Crippen LogP) is 4.81. The van der Waals surface area contributed by atoms with Crippen LogP contribution in [0.15, 0.2) is 53.4 Å². The maximum absolute atomic E-state index is 12.2. The molecule has 0 saturated heterocycles. The molecule has 0 amide bonds. The van der Waals surface area contributed by atoms with Crippen LogP contribution in [-0.4, -0.2) is 13.0 Å². The van der Waals surface area contributed by atoms with Gasteiger partial charge in [0.05, 0.1) is 5.56 Å². The zero-order chi connectivity index (χ0) is 17.7. The Hall–Kier alpha value is -1.13. The molecule has 3 nitrogen and oxygen atoms in total. The van der Waals surface area contributed by atoms with Gasteiger partial charge in [0.25, 0.3) is 10.1 Å². The molecule has 0 aliphatic carbocycles. The Labute approximate surface area is 146 Å². The summed E-state index contributed by atoms with van der Waals surface area (Å²) in [4.78, 5) is -1.13. The molecule has 0 heterocycles. The number of alkyl halides is 3. The average Bonchev–Trinajstić information content (AvgIpc) is 2.47. The van der Waals surface area contributed by atoms with E-state index in [-0.39, 0.29) is 0 Å². The second-order valence-corrected chi connectivity index (χ2v) is 7.08. The van der Waals surface area contributed by atoms with Gasteiger partial charge in [-0.25, -0.2) is 0 Å². The van der Waals surface area contributed by atoms with Gasteiger partial charge in [0.2, 0.25) is 0 Å². The summed E-state index contributed by atoms with van der Waals surface area (Å²) in [6.45, 7) is 2.17. The standard InChI is InChI=1S/C8H9I.C7H5F3O3S/c1-2-7-3-5-8(9)6-4-7;8-7(9,10)5-3-1-2-4-6(5)14(11,12)13/h3-6H,2H2,1H3;1-4H,(H,11,12,13). The van der Waals surface area contributed by atoms with Gasteiger partial charge in [-0.3, -0.25) is 4.55 Å². The summed E-state index contributed by atoms with van der Waals surface area (Å²) in [5, 5.41) is 0. The van der Waals surface area contributed by atoms with E-state index < -0.39 is 26.8 Å². The van der Waals surface area contributed by atoms with Crippen molar-refractivity contribution >= 4 is 32.7 Å². The first kappa shape index (κ1) is 19.9. The topological polar surface area (TPSA) is 54.4 Å². The number of aryl methyl sites for hydroxylation is 1. The third-order valence-corrected chi connectivity index (χ3v) is 4.42. The van der Waals surface area contributed by atoms with Crippen molar-refractivity contribution in [3.05, 3.63) is 63.2 Å². The predicted molar refractivity (Wildman–Crippen MR) is 89.8 cm³/mol. The Morgan fingerprint density at radius 2 is 1.57 bits per heavy atom. The van der Waals surface area contributed by atoms with Crippen molar-refractivity contribution in [2.75, 3.05) is 0 Å². The van der Waals surface area contributed by atoms with Gasteiger partial charge in [0.1, 0.15) is 4.90 Å². The quantitative estimate of drug-likeness (QED) is 0.520. The Balaban J connectivity index is 0.000000253. The minimum absolute atomic E-state index is 0.586. The van der Waals surface area contributed by atoms with Crippen LogP contribution in [0.4, 0.5) is 13.2 Å². The number of hydrogen-bond donors (Lipinski definition) is 1.